The van der Waals surface area contributed by atoms with Gasteiger partial charge < -0.3 is 4.84 Å². The van der Waals surface area contributed by atoms with Gasteiger partial charge in [-0.1, -0.05) is 34.7 Å². The van der Waals surface area contributed by atoms with Crippen LogP contribution in [0.3, 0.4) is 0 Å². The zero-order valence-corrected chi connectivity index (χ0v) is 16.2. The molecule has 3 aromatic rings. The van der Waals surface area contributed by atoms with E-state index in [1.54, 1.807) is 24.3 Å². The summed E-state index contributed by atoms with van der Waals surface area (Å²) in [5.41, 5.74) is 1.15. The Kier molecular flexibility index (Phi) is 5.85. The van der Waals surface area contributed by atoms with E-state index in [-0.39, 0.29) is 10.6 Å². The molecule has 0 fully saturated rings. The summed E-state index contributed by atoms with van der Waals surface area (Å²) >= 11 is 0. The first-order valence-corrected chi connectivity index (χ1v) is 9.49. The molecular weight excluding hydrogens is 407 g/mol. The molecule has 0 saturated heterocycles. The van der Waals surface area contributed by atoms with E-state index >= 15 is 0 Å². The van der Waals surface area contributed by atoms with Gasteiger partial charge in [0.05, 0.1) is 16.3 Å². The van der Waals surface area contributed by atoms with Gasteiger partial charge in [-0.15, -0.1) is 0 Å². The lowest BCUT2D eigenvalue weighted by Gasteiger charge is -2.09. The Bertz CT molecular complexity index is 1050. The largest absolute Gasteiger partial charge is 0.435 e. The van der Waals surface area contributed by atoms with Crippen LogP contribution >= 0.6 is 0 Å². The number of carbonyl (C=O) groups is 1. The Labute approximate surface area is 166 Å². The molecule has 0 bridgehead atoms. The van der Waals surface area contributed by atoms with E-state index in [0.717, 1.165) is 18.6 Å². The van der Waals surface area contributed by atoms with Crippen LogP contribution in [0.15, 0.2) is 59.5 Å². The first-order chi connectivity index (χ1) is 13.6. The molecular formula is C19H16F3N3O3S. The first kappa shape index (κ1) is 20.7. The number of aromatic nitrogens is 2. The molecule has 1 atom stereocenters. The maximum absolute atomic E-state index is 13.2. The Balaban J connectivity index is 1.99. The van der Waals surface area contributed by atoms with Crippen LogP contribution in [-0.2, 0) is 26.8 Å². The molecule has 0 aliphatic carbocycles. The smallest absolute Gasteiger partial charge is 0.358 e. The summed E-state index contributed by atoms with van der Waals surface area (Å²) in [6.45, 7) is 3.03. The van der Waals surface area contributed by atoms with Crippen LogP contribution in [0.5, 0.6) is 0 Å². The molecule has 0 amide bonds. The maximum Gasteiger partial charge on any atom is 0.435 e. The predicted octanol–water partition coefficient (Wildman–Crippen LogP) is 3.96. The molecule has 0 spiro atoms. The van der Waals surface area contributed by atoms with Crippen molar-refractivity contribution in [2.24, 2.45) is 0 Å². The lowest BCUT2D eigenvalue weighted by Crippen LogP contribution is -2.20. The number of rotatable bonds is 5. The van der Waals surface area contributed by atoms with Gasteiger partial charge in [-0.3, -0.25) is 4.79 Å². The summed E-state index contributed by atoms with van der Waals surface area (Å²) in [6.07, 6.45) is -4.60. The van der Waals surface area contributed by atoms with Crippen LogP contribution in [0.1, 0.15) is 18.2 Å². The van der Waals surface area contributed by atoms with Gasteiger partial charge in [0.15, 0.2) is 16.7 Å². The van der Waals surface area contributed by atoms with Gasteiger partial charge in [0.1, 0.15) is 0 Å². The second kappa shape index (κ2) is 8.18. The van der Waals surface area contributed by atoms with Gasteiger partial charge in [0, 0.05) is 12.5 Å². The van der Waals surface area contributed by atoms with Crippen molar-refractivity contribution in [2.45, 2.75) is 24.9 Å². The Morgan fingerprint density at radius 2 is 1.72 bits per heavy atom. The molecule has 6 nitrogen and oxygen atoms in total. The molecule has 1 aromatic heterocycles. The lowest BCUT2D eigenvalue weighted by molar-refractivity contribution is -0.144. The molecule has 2 aromatic carbocycles. The molecule has 0 aliphatic heterocycles. The minimum absolute atomic E-state index is 0.268. The average molecular weight is 423 g/mol. The highest BCUT2D eigenvalue weighted by Gasteiger charge is 2.35. The summed E-state index contributed by atoms with van der Waals surface area (Å²) < 4.78 is 52.9. The molecule has 3 rings (SSSR count). The van der Waals surface area contributed by atoms with Crippen molar-refractivity contribution in [3.63, 3.8) is 0 Å². The van der Waals surface area contributed by atoms with E-state index in [9.17, 15) is 22.2 Å². The topological polar surface area (TPSA) is 73.2 Å². The van der Waals surface area contributed by atoms with Crippen LogP contribution in [0.2, 0.25) is 0 Å². The van der Waals surface area contributed by atoms with E-state index in [4.69, 9.17) is 0 Å². The van der Waals surface area contributed by atoms with Gasteiger partial charge in [-0.25, -0.2) is 8.89 Å². The van der Waals surface area contributed by atoms with Gasteiger partial charge >= 0.3 is 12.1 Å². The van der Waals surface area contributed by atoms with Crippen molar-refractivity contribution in [1.29, 1.82) is 0 Å². The van der Waals surface area contributed by atoms with Crippen LogP contribution < -0.4 is 4.89 Å². The lowest BCUT2D eigenvalue weighted by atomic mass is 10.1. The third-order valence-corrected chi connectivity index (χ3v) is 4.84. The highest BCUT2D eigenvalue weighted by atomic mass is 32.2. The Morgan fingerprint density at radius 1 is 1.10 bits per heavy atom. The second-order valence-electron chi connectivity index (χ2n) is 6.13. The van der Waals surface area contributed by atoms with E-state index in [2.05, 4.69) is 14.8 Å². The zero-order chi connectivity index (χ0) is 21.2. The minimum atomic E-state index is -4.60. The van der Waals surface area contributed by atoms with Crippen molar-refractivity contribution in [3.8, 4) is 16.9 Å². The first-order valence-electron chi connectivity index (χ1n) is 8.35. The van der Waals surface area contributed by atoms with Crippen molar-refractivity contribution < 1.29 is 27.0 Å². The summed E-state index contributed by atoms with van der Waals surface area (Å²) in [4.78, 5) is 17.6. The van der Waals surface area contributed by atoms with Gasteiger partial charge in [-0.2, -0.15) is 18.3 Å². The SMILES string of the molecule is CC(=O)ONS(=O)c1ccc(-n2nc(C(F)(F)F)cc2-c2ccc(C)cc2)cc1. The number of aryl methyl sites for hydroxylation is 1. The van der Waals surface area contributed by atoms with E-state index < -0.39 is 28.8 Å². The minimum Gasteiger partial charge on any atom is -0.358 e. The van der Waals surface area contributed by atoms with Gasteiger partial charge in [0.25, 0.3) is 0 Å². The summed E-state index contributed by atoms with van der Waals surface area (Å²) in [5.74, 6) is -0.658. The van der Waals surface area contributed by atoms with Crippen LogP contribution in [0, 0.1) is 6.92 Å². The maximum atomic E-state index is 13.2. The molecule has 10 heteroatoms. The summed E-state index contributed by atoms with van der Waals surface area (Å²) in [5, 5.41) is 3.72. The fourth-order valence-electron chi connectivity index (χ4n) is 2.50. The van der Waals surface area contributed by atoms with E-state index in [0.29, 0.717) is 11.3 Å². The monoisotopic (exact) mass is 423 g/mol. The standard InChI is InChI=1S/C19H16F3N3O3S/c1-12-3-5-14(6-4-12)17-11-18(19(20,21)22)23-25(17)15-7-9-16(10-8-15)29(27)24-28-13(2)26/h3-11,24H,1-2H3. The Morgan fingerprint density at radius 3 is 2.28 bits per heavy atom. The number of nitrogens with one attached hydrogen (secondary N) is 1. The predicted molar refractivity (Wildman–Crippen MR) is 100 cm³/mol. The average Bonchev–Trinajstić information content (AvgIpc) is 3.12. The second-order valence-corrected chi connectivity index (χ2v) is 7.31. The third-order valence-electron chi connectivity index (χ3n) is 3.90. The summed E-state index contributed by atoms with van der Waals surface area (Å²) in [7, 11) is -1.82. The van der Waals surface area contributed by atoms with E-state index in [1.807, 2.05) is 6.92 Å². The van der Waals surface area contributed by atoms with Crippen molar-refractivity contribution in [1.82, 2.24) is 14.7 Å². The highest BCUT2D eigenvalue weighted by molar-refractivity contribution is 7.83. The van der Waals surface area contributed by atoms with Crippen LogP contribution in [0.25, 0.3) is 16.9 Å². The van der Waals surface area contributed by atoms with Gasteiger partial charge in [-0.05, 0) is 37.3 Å². The molecule has 1 N–H and O–H groups in total. The normalized spacial score (nSPS) is 12.6. The summed E-state index contributed by atoms with van der Waals surface area (Å²) in [6, 6.07) is 13.9. The number of alkyl halides is 3. The molecule has 0 saturated carbocycles. The van der Waals surface area contributed by atoms with Crippen molar-refractivity contribution in [2.75, 3.05) is 0 Å². The van der Waals surface area contributed by atoms with Crippen LogP contribution in [0.4, 0.5) is 13.2 Å². The molecule has 29 heavy (non-hydrogen) atoms. The molecule has 1 unspecified atom stereocenters. The number of hydrogen-bond donors (Lipinski definition) is 1. The zero-order valence-electron chi connectivity index (χ0n) is 15.4. The fourth-order valence-corrected chi connectivity index (χ4v) is 3.17. The third kappa shape index (κ3) is 4.90. The van der Waals surface area contributed by atoms with Crippen molar-refractivity contribution in [3.05, 3.63) is 65.9 Å². The molecule has 152 valence electrons. The number of halogens is 3. The number of nitrogens with zero attached hydrogens (tertiary/aromatic N) is 2. The van der Waals surface area contributed by atoms with Gasteiger partial charge in [0.2, 0.25) is 0 Å². The van der Waals surface area contributed by atoms with Crippen LogP contribution in [-0.4, -0.2) is 20.0 Å². The molecule has 1 heterocycles. The highest BCUT2D eigenvalue weighted by Crippen LogP contribution is 2.33. The Hall–Kier alpha value is -2.98. The number of carbonyl (C=O) groups excluding carboxylic acids is 1. The fraction of sp³-hybridized carbons (Fsp3) is 0.158. The quantitative estimate of drug-likeness (QED) is 0.631. The number of hydrogen-bond acceptors (Lipinski definition) is 4. The van der Waals surface area contributed by atoms with Crippen molar-refractivity contribution >= 4 is 17.0 Å². The molecule has 0 radical (unpaired) electrons. The van der Waals surface area contributed by atoms with E-state index in [1.165, 1.54) is 28.9 Å². The number of benzene rings is 2. The molecule has 0 aliphatic rings.